The average molecular weight is 486 g/mol. The van der Waals surface area contributed by atoms with E-state index in [1.54, 1.807) is 34.6 Å². The number of ether oxygens (including phenoxy) is 2. The van der Waals surface area contributed by atoms with E-state index in [2.05, 4.69) is 5.32 Å². The zero-order valence-electron chi connectivity index (χ0n) is 22.8. The van der Waals surface area contributed by atoms with Gasteiger partial charge in [0.15, 0.2) is 0 Å². The monoisotopic (exact) mass is 485 g/mol. The summed E-state index contributed by atoms with van der Waals surface area (Å²) in [5, 5.41) is 2.61. The molecule has 198 valence electrons. The lowest BCUT2D eigenvalue weighted by molar-refractivity contribution is -0.165. The van der Waals surface area contributed by atoms with E-state index >= 15 is 0 Å². The first-order chi connectivity index (χ1) is 15.5. The molecule has 34 heavy (non-hydrogen) atoms. The molecular weight excluding hydrogens is 438 g/mol. The van der Waals surface area contributed by atoms with Gasteiger partial charge in [0.05, 0.1) is 12.6 Å². The summed E-state index contributed by atoms with van der Waals surface area (Å²) < 4.78 is 10.3. The van der Waals surface area contributed by atoms with Crippen LogP contribution in [-0.4, -0.2) is 59.1 Å². The molecule has 0 rings (SSSR count). The molecule has 0 aromatic rings. The second-order valence-corrected chi connectivity index (χ2v) is 10.7. The first kappa shape index (κ1) is 31.8. The van der Waals surface area contributed by atoms with Gasteiger partial charge in [-0.2, -0.15) is 0 Å². The van der Waals surface area contributed by atoms with Crippen LogP contribution in [0.15, 0.2) is 0 Å². The maximum absolute atomic E-state index is 13.9. The number of carbonyl (C=O) groups is 4. The summed E-state index contributed by atoms with van der Waals surface area (Å²) in [5.74, 6) is -2.48. The number of methoxy groups -OCH3 is 1. The molecule has 3 amide bonds. The topological polar surface area (TPSA) is 128 Å². The van der Waals surface area contributed by atoms with E-state index in [9.17, 15) is 19.2 Å². The fourth-order valence-corrected chi connectivity index (χ4v) is 3.94. The lowest BCUT2D eigenvalue weighted by Gasteiger charge is -2.39. The van der Waals surface area contributed by atoms with E-state index in [1.165, 1.54) is 7.11 Å². The van der Waals surface area contributed by atoms with Crippen molar-refractivity contribution in [3.63, 3.8) is 0 Å². The summed E-state index contributed by atoms with van der Waals surface area (Å²) in [7, 11) is 1.21. The molecule has 0 bridgehead atoms. The average Bonchev–Trinajstić information content (AvgIpc) is 2.68. The molecule has 9 nitrogen and oxygen atoms in total. The van der Waals surface area contributed by atoms with Crippen molar-refractivity contribution in [2.45, 2.75) is 118 Å². The molecule has 0 radical (unpaired) electrons. The number of nitrogens with zero attached hydrogens (tertiary/aromatic N) is 1. The van der Waals surface area contributed by atoms with Crippen LogP contribution in [0.25, 0.3) is 0 Å². The first-order valence-electron chi connectivity index (χ1n) is 12.3. The first-order valence-corrected chi connectivity index (χ1v) is 12.3. The van der Waals surface area contributed by atoms with Crippen LogP contribution >= 0.6 is 0 Å². The number of nitrogens with two attached hydrogens (primary N) is 1. The quantitative estimate of drug-likeness (QED) is 0.403. The molecule has 2 atom stereocenters. The summed E-state index contributed by atoms with van der Waals surface area (Å²) in [6, 6.07) is -2.27. The number of rotatable bonds is 12. The van der Waals surface area contributed by atoms with Gasteiger partial charge < -0.3 is 20.5 Å². The highest BCUT2D eigenvalue weighted by Crippen LogP contribution is 2.26. The number of amides is 3. The lowest BCUT2D eigenvalue weighted by Crippen LogP contribution is -2.65. The van der Waals surface area contributed by atoms with Crippen LogP contribution in [0, 0.1) is 11.8 Å². The van der Waals surface area contributed by atoms with Gasteiger partial charge in [0.2, 0.25) is 5.91 Å². The molecule has 0 aliphatic carbocycles. The zero-order valence-corrected chi connectivity index (χ0v) is 22.8. The van der Waals surface area contributed by atoms with Crippen LogP contribution in [0.2, 0.25) is 0 Å². The van der Waals surface area contributed by atoms with Gasteiger partial charge >= 0.3 is 12.1 Å². The van der Waals surface area contributed by atoms with Crippen molar-refractivity contribution in [1.82, 2.24) is 10.2 Å². The molecule has 3 N–H and O–H groups in total. The Kier molecular flexibility index (Phi) is 12.8. The summed E-state index contributed by atoms with van der Waals surface area (Å²) in [5.41, 5.74) is 4.46. The van der Waals surface area contributed by atoms with Crippen LogP contribution < -0.4 is 11.1 Å². The molecule has 0 saturated carbocycles. The van der Waals surface area contributed by atoms with Crippen molar-refractivity contribution in [2.24, 2.45) is 17.6 Å². The fraction of sp³-hybridized carbons (Fsp3) is 0.840. The molecule has 0 aliphatic rings. The number of hydrogen-bond donors (Lipinski definition) is 2. The number of alkyl carbamates (subject to hydrolysis) is 1. The van der Waals surface area contributed by atoms with Crippen molar-refractivity contribution in [2.75, 3.05) is 7.11 Å². The minimum absolute atomic E-state index is 0.00498. The normalized spacial score (nSPS) is 13.9. The predicted molar refractivity (Wildman–Crippen MR) is 132 cm³/mol. The molecule has 0 spiro atoms. The van der Waals surface area contributed by atoms with Crippen molar-refractivity contribution in [3.05, 3.63) is 0 Å². The SMILES string of the molecule is CCCC(N)(CCC)C(=O)N(C(=O)[C@H](CC(C)C)NC(=O)OC(C)(C)C)[C@H](C(=O)OC)C(C)C. The van der Waals surface area contributed by atoms with E-state index in [0.29, 0.717) is 25.7 Å². The number of nitrogens with one attached hydrogen (secondary N) is 1. The molecule has 9 heteroatoms. The second-order valence-electron chi connectivity index (χ2n) is 10.7. The maximum atomic E-state index is 13.9. The summed E-state index contributed by atoms with van der Waals surface area (Å²) >= 11 is 0. The Morgan fingerprint density at radius 3 is 1.82 bits per heavy atom. The summed E-state index contributed by atoms with van der Waals surface area (Å²) in [6.45, 7) is 16.2. The van der Waals surface area contributed by atoms with Gasteiger partial charge in [-0.25, -0.2) is 9.59 Å². The number of imide groups is 1. The molecular formula is C25H47N3O6. The van der Waals surface area contributed by atoms with E-state index in [0.717, 1.165) is 4.90 Å². The summed E-state index contributed by atoms with van der Waals surface area (Å²) in [6.07, 6.45) is 1.42. The minimum atomic E-state index is -1.32. The largest absolute Gasteiger partial charge is 0.467 e. The fourth-order valence-electron chi connectivity index (χ4n) is 3.94. The third-order valence-electron chi connectivity index (χ3n) is 5.32. The van der Waals surface area contributed by atoms with Crippen molar-refractivity contribution in [3.8, 4) is 0 Å². The van der Waals surface area contributed by atoms with Gasteiger partial charge in [0, 0.05) is 0 Å². The highest BCUT2D eigenvalue weighted by molar-refractivity contribution is 6.05. The van der Waals surface area contributed by atoms with Gasteiger partial charge in [0.25, 0.3) is 5.91 Å². The third kappa shape index (κ3) is 9.60. The van der Waals surface area contributed by atoms with Crippen LogP contribution in [0.1, 0.15) is 94.4 Å². The Hall–Kier alpha value is -2.16. The standard InChI is InChI=1S/C25H47N3O6/c1-11-13-25(26,14-12-2)22(31)28(19(17(5)6)21(30)33-10)20(29)18(15-16(3)4)27-23(32)34-24(7,8)9/h16-19H,11-15,26H2,1-10H3,(H,27,32)/t18-,19-/m0/s1. The van der Waals surface area contributed by atoms with Gasteiger partial charge in [-0.05, 0) is 51.9 Å². The molecule has 0 fully saturated rings. The lowest BCUT2D eigenvalue weighted by atomic mass is 9.86. The molecule has 0 aliphatic heterocycles. The van der Waals surface area contributed by atoms with E-state index in [1.807, 2.05) is 27.7 Å². The highest BCUT2D eigenvalue weighted by atomic mass is 16.6. The van der Waals surface area contributed by atoms with E-state index in [4.69, 9.17) is 15.2 Å². The second kappa shape index (κ2) is 13.7. The summed E-state index contributed by atoms with van der Waals surface area (Å²) in [4.78, 5) is 54.1. The molecule has 0 unspecified atom stereocenters. The maximum Gasteiger partial charge on any atom is 0.408 e. The smallest absolute Gasteiger partial charge is 0.408 e. The molecule has 0 heterocycles. The van der Waals surface area contributed by atoms with Gasteiger partial charge in [-0.15, -0.1) is 0 Å². The molecule has 0 aromatic carbocycles. The Labute approximate surface area is 205 Å². The van der Waals surface area contributed by atoms with Gasteiger partial charge in [0.1, 0.15) is 17.7 Å². The van der Waals surface area contributed by atoms with Crippen molar-refractivity contribution >= 4 is 23.9 Å². The Morgan fingerprint density at radius 1 is 0.971 bits per heavy atom. The van der Waals surface area contributed by atoms with Crippen LogP contribution in [0.3, 0.4) is 0 Å². The van der Waals surface area contributed by atoms with Crippen LogP contribution in [0.5, 0.6) is 0 Å². The Morgan fingerprint density at radius 2 is 1.47 bits per heavy atom. The number of esters is 1. The predicted octanol–water partition coefficient (Wildman–Crippen LogP) is 3.78. The Balaban J connectivity index is 6.58. The zero-order chi connectivity index (χ0) is 26.9. The van der Waals surface area contributed by atoms with E-state index in [-0.39, 0.29) is 12.3 Å². The molecule has 0 aromatic heterocycles. The third-order valence-corrected chi connectivity index (χ3v) is 5.32. The van der Waals surface area contributed by atoms with Gasteiger partial charge in [-0.3, -0.25) is 14.5 Å². The Bertz CT molecular complexity index is 693. The number of carbonyl (C=O) groups excluding carboxylic acids is 4. The van der Waals surface area contributed by atoms with Crippen LogP contribution in [-0.2, 0) is 23.9 Å². The van der Waals surface area contributed by atoms with Crippen molar-refractivity contribution in [1.29, 1.82) is 0 Å². The van der Waals surface area contributed by atoms with E-state index < -0.39 is 53.0 Å². The van der Waals surface area contributed by atoms with Crippen molar-refractivity contribution < 1.29 is 28.7 Å². The number of hydrogen-bond acceptors (Lipinski definition) is 7. The minimum Gasteiger partial charge on any atom is -0.467 e. The highest BCUT2D eigenvalue weighted by Gasteiger charge is 2.47. The van der Waals surface area contributed by atoms with Crippen LogP contribution in [0.4, 0.5) is 4.79 Å². The molecule has 0 saturated heterocycles. The van der Waals surface area contributed by atoms with Gasteiger partial charge in [-0.1, -0.05) is 54.4 Å².